The number of rotatable bonds is 5. The molecule has 25 heavy (non-hydrogen) atoms. The highest BCUT2D eigenvalue weighted by Gasteiger charge is 2.08. The molecule has 6 heteroatoms. The van der Waals surface area contributed by atoms with Crippen molar-refractivity contribution in [2.45, 2.75) is 6.54 Å². The van der Waals surface area contributed by atoms with Crippen LogP contribution in [0, 0.1) is 0 Å². The molecule has 0 unspecified atom stereocenters. The zero-order valence-electron chi connectivity index (χ0n) is 13.0. The minimum Gasteiger partial charge on any atom is -0.504 e. The van der Waals surface area contributed by atoms with E-state index in [1.807, 2.05) is 24.3 Å². The minimum atomic E-state index is -0.0281. The van der Waals surface area contributed by atoms with E-state index in [2.05, 4.69) is 5.32 Å². The fourth-order valence-electron chi connectivity index (χ4n) is 2.26. The largest absolute Gasteiger partial charge is 0.504 e. The Labute approximate surface area is 160 Å². The van der Waals surface area contributed by atoms with E-state index >= 15 is 0 Å². The summed E-state index contributed by atoms with van der Waals surface area (Å²) < 4.78 is 5.81. The molecule has 0 saturated heterocycles. The summed E-state index contributed by atoms with van der Waals surface area (Å²) in [4.78, 5) is 0. The summed E-state index contributed by atoms with van der Waals surface area (Å²) >= 11 is 17.8. The minimum absolute atomic E-state index is 0.0281. The third-order valence-corrected chi connectivity index (χ3v) is 4.22. The van der Waals surface area contributed by atoms with Gasteiger partial charge in [0.15, 0.2) is 5.75 Å². The van der Waals surface area contributed by atoms with Gasteiger partial charge >= 0.3 is 0 Å². The lowest BCUT2D eigenvalue weighted by molar-refractivity contribution is 0.477. The van der Waals surface area contributed by atoms with Crippen molar-refractivity contribution in [3.8, 4) is 17.2 Å². The summed E-state index contributed by atoms with van der Waals surface area (Å²) in [5.74, 6) is 1.38. The van der Waals surface area contributed by atoms with Crippen molar-refractivity contribution in [3.05, 3.63) is 81.3 Å². The van der Waals surface area contributed by atoms with Gasteiger partial charge in [0.25, 0.3) is 0 Å². The molecule has 3 aromatic carbocycles. The summed E-state index contributed by atoms with van der Waals surface area (Å²) in [6, 6.07) is 17.9. The molecule has 0 saturated carbocycles. The summed E-state index contributed by atoms with van der Waals surface area (Å²) in [6.07, 6.45) is 0. The molecule has 128 valence electrons. The fraction of sp³-hybridized carbons (Fsp3) is 0.0526. The number of benzene rings is 3. The Bertz CT molecular complexity index is 882. The highest BCUT2D eigenvalue weighted by atomic mass is 35.5. The maximum absolute atomic E-state index is 9.98. The topological polar surface area (TPSA) is 41.5 Å². The van der Waals surface area contributed by atoms with Crippen LogP contribution in [0.25, 0.3) is 0 Å². The molecular formula is C19H14Cl3NO2. The van der Waals surface area contributed by atoms with Crippen LogP contribution >= 0.6 is 34.8 Å². The smallest absolute Gasteiger partial charge is 0.157 e. The van der Waals surface area contributed by atoms with E-state index in [-0.39, 0.29) is 10.8 Å². The van der Waals surface area contributed by atoms with Gasteiger partial charge in [-0.25, -0.2) is 0 Å². The van der Waals surface area contributed by atoms with Crippen molar-refractivity contribution < 1.29 is 9.84 Å². The zero-order chi connectivity index (χ0) is 17.8. The Kier molecular flexibility index (Phi) is 5.59. The van der Waals surface area contributed by atoms with Crippen molar-refractivity contribution in [2.24, 2.45) is 0 Å². The van der Waals surface area contributed by atoms with Crippen LogP contribution in [-0.2, 0) is 6.54 Å². The predicted octanol–water partition coefficient (Wildman–Crippen LogP) is 6.76. The van der Waals surface area contributed by atoms with Gasteiger partial charge in [-0.1, -0.05) is 46.9 Å². The Morgan fingerprint density at radius 2 is 1.60 bits per heavy atom. The SMILES string of the molecule is Oc1c(Cl)cc(Cl)cc1NCc1cccc(Oc2ccc(Cl)cc2)c1. The first-order chi connectivity index (χ1) is 12.0. The quantitative estimate of drug-likeness (QED) is 0.470. The molecule has 0 heterocycles. The Morgan fingerprint density at radius 1 is 0.840 bits per heavy atom. The van der Waals surface area contributed by atoms with E-state index in [9.17, 15) is 5.11 Å². The van der Waals surface area contributed by atoms with Crippen LogP contribution in [-0.4, -0.2) is 5.11 Å². The first-order valence-electron chi connectivity index (χ1n) is 7.45. The standard InChI is InChI=1S/C19H14Cl3NO2/c20-13-4-6-15(7-5-13)25-16-3-1-2-12(8-16)11-23-18-10-14(21)9-17(22)19(18)24/h1-10,23-24H,11H2. The van der Waals surface area contributed by atoms with Gasteiger partial charge in [-0.05, 0) is 54.1 Å². The second-order valence-corrected chi connectivity index (χ2v) is 6.62. The molecule has 0 aromatic heterocycles. The van der Waals surface area contributed by atoms with Crippen LogP contribution in [0.5, 0.6) is 17.2 Å². The van der Waals surface area contributed by atoms with E-state index in [0.29, 0.717) is 33.8 Å². The molecule has 0 aliphatic rings. The lowest BCUT2D eigenvalue weighted by Gasteiger charge is -2.11. The molecule has 0 spiro atoms. The summed E-state index contributed by atoms with van der Waals surface area (Å²) in [7, 11) is 0. The van der Waals surface area contributed by atoms with Crippen LogP contribution in [0.3, 0.4) is 0 Å². The van der Waals surface area contributed by atoms with Crippen LogP contribution in [0.2, 0.25) is 15.1 Å². The van der Waals surface area contributed by atoms with Crippen LogP contribution in [0.4, 0.5) is 5.69 Å². The van der Waals surface area contributed by atoms with Crippen molar-refractivity contribution in [1.29, 1.82) is 0 Å². The second-order valence-electron chi connectivity index (χ2n) is 5.34. The summed E-state index contributed by atoms with van der Waals surface area (Å²) in [5, 5.41) is 14.4. The molecule has 0 atom stereocenters. The van der Waals surface area contributed by atoms with Gasteiger partial charge in [0.05, 0.1) is 10.7 Å². The van der Waals surface area contributed by atoms with E-state index < -0.39 is 0 Å². The Hall–Kier alpha value is -2.07. The summed E-state index contributed by atoms with van der Waals surface area (Å²) in [6.45, 7) is 0.474. The van der Waals surface area contributed by atoms with Crippen molar-refractivity contribution in [2.75, 3.05) is 5.32 Å². The van der Waals surface area contributed by atoms with E-state index in [0.717, 1.165) is 5.56 Å². The van der Waals surface area contributed by atoms with E-state index in [4.69, 9.17) is 39.5 Å². The number of nitrogens with one attached hydrogen (secondary N) is 1. The zero-order valence-corrected chi connectivity index (χ0v) is 15.2. The normalized spacial score (nSPS) is 10.5. The third kappa shape index (κ3) is 4.73. The van der Waals surface area contributed by atoms with Gasteiger partial charge in [0, 0.05) is 16.6 Å². The van der Waals surface area contributed by atoms with E-state index in [1.54, 1.807) is 30.3 Å². The molecule has 0 bridgehead atoms. The lowest BCUT2D eigenvalue weighted by Crippen LogP contribution is -2.00. The summed E-state index contributed by atoms with van der Waals surface area (Å²) in [5.41, 5.74) is 1.45. The molecular weight excluding hydrogens is 381 g/mol. The average Bonchev–Trinajstić information content (AvgIpc) is 2.59. The van der Waals surface area contributed by atoms with Crippen LogP contribution in [0.15, 0.2) is 60.7 Å². The fourth-order valence-corrected chi connectivity index (χ4v) is 2.88. The predicted molar refractivity (Wildman–Crippen MR) is 103 cm³/mol. The number of halogens is 3. The highest BCUT2D eigenvalue weighted by Crippen LogP contribution is 2.35. The van der Waals surface area contributed by atoms with Crippen molar-refractivity contribution in [3.63, 3.8) is 0 Å². The number of phenols is 1. The Morgan fingerprint density at radius 3 is 2.36 bits per heavy atom. The first kappa shape index (κ1) is 17.7. The maximum Gasteiger partial charge on any atom is 0.157 e. The molecule has 3 rings (SSSR count). The number of anilines is 1. The van der Waals surface area contributed by atoms with Crippen molar-refractivity contribution >= 4 is 40.5 Å². The molecule has 0 amide bonds. The first-order valence-corrected chi connectivity index (χ1v) is 8.59. The number of phenolic OH excluding ortho intramolecular Hbond substituents is 1. The molecule has 0 fully saturated rings. The van der Waals surface area contributed by atoms with Gasteiger partial charge in [-0.15, -0.1) is 0 Å². The second kappa shape index (κ2) is 7.87. The van der Waals surface area contributed by atoms with Crippen LogP contribution in [0.1, 0.15) is 5.56 Å². The number of hydrogen-bond donors (Lipinski definition) is 2. The number of aromatic hydroxyl groups is 1. The van der Waals surface area contributed by atoms with Gasteiger partial charge in [0.2, 0.25) is 0 Å². The van der Waals surface area contributed by atoms with Gasteiger partial charge < -0.3 is 15.2 Å². The van der Waals surface area contributed by atoms with Crippen molar-refractivity contribution in [1.82, 2.24) is 0 Å². The average molecular weight is 395 g/mol. The van der Waals surface area contributed by atoms with Gasteiger partial charge in [-0.3, -0.25) is 0 Å². The van der Waals surface area contributed by atoms with E-state index in [1.165, 1.54) is 6.07 Å². The molecule has 0 aliphatic heterocycles. The van der Waals surface area contributed by atoms with Gasteiger partial charge in [0.1, 0.15) is 11.5 Å². The molecule has 2 N–H and O–H groups in total. The maximum atomic E-state index is 9.98. The highest BCUT2D eigenvalue weighted by molar-refractivity contribution is 6.36. The molecule has 3 nitrogen and oxygen atoms in total. The van der Waals surface area contributed by atoms with Crippen LogP contribution < -0.4 is 10.1 Å². The molecule has 0 radical (unpaired) electrons. The molecule has 0 aliphatic carbocycles. The number of hydrogen-bond acceptors (Lipinski definition) is 3. The monoisotopic (exact) mass is 393 g/mol. The number of ether oxygens (including phenoxy) is 1. The third-order valence-electron chi connectivity index (χ3n) is 3.46. The Balaban J connectivity index is 1.71. The lowest BCUT2D eigenvalue weighted by atomic mass is 10.2. The van der Waals surface area contributed by atoms with Gasteiger partial charge in [-0.2, -0.15) is 0 Å². The molecule has 3 aromatic rings.